The molecule has 9 heteroatoms. The van der Waals surface area contributed by atoms with Crippen molar-refractivity contribution in [3.05, 3.63) is 65.7 Å². The highest BCUT2D eigenvalue weighted by Gasteiger charge is 2.31. The third kappa shape index (κ3) is 5.67. The minimum Gasteiger partial charge on any atom is -0.495 e. The standard InChI is InChI=1S/C25H31N3O5S/c1-32-23-10-9-22(20-24(23)34(30,31)28-16-18-33-19-17-28)25(29)27-14-12-26(13-15-27)11-5-8-21-6-3-2-4-7-21/h2-10,20H,11-19H2,1H3/b8-5+. The highest BCUT2D eigenvalue weighted by molar-refractivity contribution is 7.89. The molecule has 0 aliphatic carbocycles. The van der Waals surface area contributed by atoms with Gasteiger partial charge in [0.1, 0.15) is 10.6 Å². The van der Waals surface area contributed by atoms with Gasteiger partial charge in [-0.05, 0) is 23.8 Å². The Morgan fingerprint density at radius 1 is 1.00 bits per heavy atom. The lowest BCUT2D eigenvalue weighted by Crippen LogP contribution is -2.48. The van der Waals surface area contributed by atoms with E-state index in [-0.39, 0.29) is 29.6 Å². The summed E-state index contributed by atoms with van der Waals surface area (Å²) >= 11 is 0. The van der Waals surface area contributed by atoms with Crippen LogP contribution in [-0.2, 0) is 14.8 Å². The molecule has 0 atom stereocenters. The summed E-state index contributed by atoms with van der Waals surface area (Å²) in [4.78, 5) is 17.3. The van der Waals surface area contributed by atoms with E-state index < -0.39 is 10.0 Å². The van der Waals surface area contributed by atoms with Gasteiger partial charge in [-0.3, -0.25) is 9.69 Å². The van der Waals surface area contributed by atoms with Crippen molar-refractivity contribution in [2.75, 3.05) is 66.1 Å². The second-order valence-electron chi connectivity index (χ2n) is 8.29. The smallest absolute Gasteiger partial charge is 0.253 e. The number of ether oxygens (including phenoxy) is 2. The van der Waals surface area contributed by atoms with Crippen LogP contribution in [0.5, 0.6) is 5.75 Å². The molecule has 2 aromatic carbocycles. The minimum absolute atomic E-state index is 0.0208. The van der Waals surface area contributed by atoms with Gasteiger partial charge in [0.25, 0.3) is 5.91 Å². The van der Waals surface area contributed by atoms with Crippen LogP contribution in [0.15, 0.2) is 59.5 Å². The molecule has 2 heterocycles. The molecule has 0 saturated carbocycles. The molecule has 4 rings (SSSR count). The van der Waals surface area contributed by atoms with Crippen molar-refractivity contribution >= 4 is 22.0 Å². The zero-order chi connectivity index (χ0) is 24.0. The Bertz CT molecular complexity index is 1110. The quantitative estimate of drug-likeness (QED) is 0.598. The normalized spacial score (nSPS) is 18.3. The molecule has 2 aromatic rings. The van der Waals surface area contributed by atoms with Crippen molar-refractivity contribution in [3.63, 3.8) is 0 Å². The van der Waals surface area contributed by atoms with Gasteiger partial charge in [0.05, 0.1) is 20.3 Å². The number of hydrogen-bond acceptors (Lipinski definition) is 6. The lowest BCUT2D eigenvalue weighted by Gasteiger charge is -2.34. The third-order valence-electron chi connectivity index (χ3n) is 6.13. The van der Waals surface area contributed by atoms with Crippen LogP contribution < -0.4 is 4.74 Å². The fraction of sp³-hybridized carbons (Fsp3) is 0.400. The first-order valence-electron chi connectivity index (χ1n) is 11.5. The Morgan fingerprint density at radius 3 is 2.38 bits per heavy atom. The fourth-order valence-corrected chi connectivity index (χ4v) is 5.74. The van der Waals surface area contributed by atoms with E-state index in [2.05, 4.69) is 29.2 Å². The predicted octanol–water partition coefficient (Wildman–Crippen LogP) is 2.19. The summed E-state index contributed by atoms with van der Waals surface area (Å²) in [6.07, 6.45) is 4.24. The van der Waals surface area contributed by atoms with Gasteiger partial charge >= 0.3 is 0 Å². The molecule has 0 aromatic heterocycles. The van der Waals surface area contributed by atoms with Crippen LogP contribution in [0.2, 0.25) is 0 Å². The van der Waals surface area contributed by atoms with E-state index in [1.807, 2.05) is 18.2 Å². The molecule has 2 aliphatic rings. The van der Waals surface area contributed by atoms with Crippen LogP contribution in [0.3, 0.4) is 0 Å². The van der Waals surface area contributed by atoms with Gasteiger partial charge in [0.15, 0.2) is 0 Å². The van der Waals surface area contributed by atoms with E-state index in [1.165, 1.54) is 23.0 Å². The number of methoxy groups -OCH3 is 1. The third-order valence-corrected chi connectivity index (χ3v) is 8.05. The van der Waals surface area contributed by atoms with Crippen molar-refractivity contribution in [2.24, 2.45) is 0 Å². The van der Waals surface area contributed by atoms with Crippen molar-refractivity contribution in [3.8, 4) is 5.75 Å². The fourth-order valence-electron chi connectivity index (χ4n) is 4.16. The predicted molar refractivity (Wildman–Crippen MR) is 130 cm³/mol. The average Bonchev–Trinajstić information content (AvgIpc) is 2.89. The Labute approximate surface area is 201 Å². The van der Waals surface area contributed by atoms with Gasteiger partial charge in [0.2, 0.25) is 10.0 Å². The molecule has 0 spiro atoms. The Hall–Kier alpha value is -2.72. The molecule has 0 N–H and O–H groups in total. The van der Waals surface area contributed by atoms with E-state index in [0.29, 0.717) is 31.9 Å². The zero-order valence-electron chi connectivity index (χ0n) is 19.4. The van der Waals surface area contributed by atoms with Crippen LogP contribution in [-0.4, -0.2) is 94.6 Å². The molecule has 0 radical (unpaired) electrons. The van der Waals surface area contributed by atoms with Crippen LogP contribution in [0.1, 0.15) is 15.9 Å². The molecule has 0 unspecified atom stereocenters. The first-order valence-corrected chi connectivity index (χ1v) is 12.9. The second kappa shape index (κ2) is 11.1. The van der Waals surface area contributed by atoms with Gasteiger partial charge in [0, 0.05) is 51.4 Å². The molecule has 2 aliphatic heterocycles. The average molecular weight is 486 g/mol. The largest absolute Gasteiger partial charge is 0.495 e. The Morgan fingerprint density at radius 2 is 1.71 bits per heavy atom. The van der Waals surface area contributed by atoms with E-state index in [1.54, 1.807) is 17.0 Å². The van der Waals surface area contributed by atoms with Gasteiger partial charge in [-0.2, -0.15) is 4.31 Å². The number of morpholine rings is 1. The molecule has 0 bridgehead atoms. The van der Waals surface area contributed by atoms with E-state index >= 15 is 0 Å². The highest BCUT2D eigenvalue weighted by Crippen LogP contribution is 2.29. The number of amides is 1. The minimum atomic E-state index is -3.79. The summed E-state index contributed by atoms with van der Waals surface area (Å²) in [6.45, 7) is 4.80. The van der Waals surface area contributed by atoms with Crippen molar-refractivity contribution in [1.29, 1.82) is 0 Å². The molecular formula is C25H31N3O5S. The summed E-state index contributed by atoms with van der Waals surface area (Å²) in [5, 5.41) is 0. The summed E-state index contributed by atoms with van der Waals surface area (Å²) in [7, 11) is -2.36. The number of nitrogens with zero attached hydrogens (tertiary/aromatic N) is 3. The molecule has 2 saturated heterocycles. The molecule has 34 heavy (non-hydrogen) atoms. The number of piperazine rings is 1. The summed E-state index contributed by atoms with van der Waals surface area (Å²) in [5.41, 5.74) is 1.52. The number of carbonyl (C=O) groups is 1. The maximum Gasteiger partial charge on any atom is 0.253 e. The van der Waals surface area contributed by atoms with Crippen molar-refractivity contribution in [1.82, 2.24) is 14.1 Å². The first-order chi connectivity index (χ1) is 16.5. The van der Waals surface area contributed by atoms with Crippen LogP contribution in [0.25, 0.3) is 6.08 Å². The number of benzene rings is 2. The van der Waals surface area contributed by atoms with Crippen LogP contribution in [0, 0.1) is 0 Å². The molecule has 182 valence electrons. The van der Waals surface area contributed by atoms with Crippen molar-refractivity contribution in [2.45, 2.75) is 4.90 Å². The zero-order valence-corrected chi connectivity index (χ0v) is 20.2. The number of hydrogen-bond donors (Lipinski definition) is 0. The Balaban J connectivity index is 1.40. The lowest BCUT2D eigenvalue weighted by molar-refractivity contribution is 0.0649. The van der Waals surface area contributed by atoms with Gasteiger partial charge < -0.3 is 14.4 Å². The van der Waals surface area contributed by atoms with Crippen LogP contribution in [0.4, 0.5) is 0 Å². The number of sulfonamides is 1. The van der Waals surface area contributed by atoms with Gasteiger partial charge in [-0.15, -0.1) is 0 Å². The number of carbonyl (C=O) groups excluding carboxylic acids is 1. The maximum absolute atomic E-state index is 13.2. The van der Waals surface area contributed by atoms with E-state index in [4.69, 9.17) is 9.47 Å². The molecular weight excluding hydrogens is 454 g/mol. The van der Waals surface area contributed by atoms with Gasteiger partial charge in [-0.1, -0.05) is 42.5 Å². The van der Waals surface area contributed by atoms with Crippen LogP contribution >= 0.6 is 0 Å². The monoisotopic (exact) mass is 485 g/mol. The first kappa shape index (κ1) is 24.4. The molecule has 2 fully saturated rings. The Kier molecular flexibility index (Phi) is 7.99. The summed E-state index contributed by atoms with van der Waals surface area (Å²) in [6, 6.07) is 14.8. The second-order valence-corrected chi connectivity index (χ2v) is 10.2. The maximum atomic E-state index is 13.2. The van der Waals surface area contributed by atoms with E-state index in [0.717, 1.165) is 19.6 Å². The SMILES string of the molecule is COc1ccc(C(=O)N2CCN(C/C=C/c3ccccc3)CC2)cc1S(=O)(=O)N1CCOCC1. The van der Waals surface area contributed by atoms with E-state index in [9.17, 15) is 13.2 Å². The topological polar surface area (TPSA) is 79.4 Å². The van der Waals surface area contributed by atoms with Crippen molar-refractivity contribution < 1.29 is 22.7 Å². The molecule has 1 amide bonds. The summed E-state index contributed by atoms with van der Waals surface area (Å²) in [5.74, 6) is 0.0682. The highest BCUT2D eigenvalue weighted by atomic mass is 32.2. The lowest BCUT2D eigenvalue weighted by atomic mass is 10.1. The molecule has 8 nitrogen and oxygen atoms in total. The number of rotatable bonds is 7. The van der Waals surface area contributed by atoms with Gasteiger partial charge in [-0.25, -0.2) is 8.42 Å². The summed E-state index contributed by atoms with van der Waals surface area (Å²) < 4.78 is 38.4.